The third-order valence-electron chi connectivity index (χ3n) is 4.05. The summed E-state index contributed by atoms with van der Waals surface area (Å²) in [5.41, 5.74) is 0.987. The van der Waals surface area contributed by atoms with Crippen LogP contribution in [-0.4, -0.2) is 20.9 Å². The summed E-state index contributed by atoms with van der Waals surface area (Å²) in [5.74, 6) is -3.75. The molecule has 24 heavy (non-hydrogen) atoms. The Labute approximate surface area is 138 Å². The number of benzene rings is 2. The lowest BCUT2D eigenvalue weighted by Crippen LogP contribution is -2.33. The number of aryl methyl sites for hydroxylation is 1. The van der Waals surface area contributed by atoms with E-state index in [4.69, 9.17) is 0 Å². The highest BCUT2D eigenvalue weighted by Crippen LogP contribution is 2.37. The van der Waals surface area contributed by atoms with E-state index >= 15 is 0 Å². The molecule has 0 spiro atoms. The molecule has 0 aliphatic carbocycles. The zero-order valence-electron chi connectivity index (χ0n) is 13.0. The van der Waals surface area contributed by atoms with E-state index < -0.39 is 34.6 Å². The number of sulfonamides is 1. The highest BCUT2D eigenvalue weighted by atomic mass is 32.2. The molecule has 0 radical (unpaired) electrons. The lowest BCUT2D eigenvalue weighted by molar-refractivity contribution is -0.00245. The van der Waals surface area contributed by atoms with Gasteiger partial charge in [0, 0.05) is 19.4 Å². The van der Waals surface area contributed by atoms with Crippen molar-refractivity contribution >= 4 is 15.7 Å². The minimum atomic E-state index is -4.00. The molecule has 0 aromatic heterocycles. The molecule has 0 atom stereocenters. The van der Waals surface area contributed by atoms with Crippen molar-refractivity contribution in [2.24, 2.45) is 0 Å². The normalized spacial score (nSPS) is 17.2. The third-order valence-corrected chi connectivity index (χ3v) is 5.88. The second-order valence-corrected chi connectivity index (χ2v) is 7.81. The number of halogens is 3. The van der Waals surface area contributed by atoms with Gasteiger partial charge in [0.25, 0.3) is 15.9 Å². The van der Waals surface area contributed by atoms with Gasteiger partial charge >= 0.3 is 0 Å². The summed E-state index contributed by atoms with van der Waals surface area (Å²) < 4.78 is 68.1. The minimum absolute atomic E-state index is 0.00631. The molecule has 0 N–H and O–H groups in total. The Bertz CT molecular complexity index is 864. The van der Waals surface area contributed by atoms with Crippen molar-refractivity contribution in [2.45, 2.75) is 30.6 Å². The van der Waals surface area contributed by atoms with Crippen molar-refractivity contribution < 1.29 is 21.6 Å². The van der Waals surface area contributed by atoms with E-state index in [1.54, 1.807) is 12.1 Å². The van der Waals surface area contributed by atoms with Crippen LogP contribution in [0.1, 0.15) is 17.5 Å². The van der Waals surface area contributed by atoms with Crippen LogP contribution in [-0.2, 0) is 16.4 Å². The fourth-order valence-electron chi connectivity index (χ4n) is 2.78. The number of fused-ring (bicyclic) bond motifs is 1. The average Bonchev–Trinajstić information content (AvgIpc) is 2.62. The topological polar surface area (TPSA) is 37.4 Å². The SMILES string of the molecule is Cc1ccc(S(=O)(=O)N2CCC(F)(F)Cc3cc(F)ccc32)cc1. The van der Waals surface area contributed by atoms with Crippen LogP contribution in [0, 0.1) is 12.7 Å². The maximum atomic E-state index is 13.9. The Morgan fingerprint density at radius 1 is 1.08 bits per heavy atom. The average molecular weight is 355 g/mol. The second kappa shape index (κ2) is 5.81. The molecular formula is C17H16F3NO2S. The quantitative estimate of drug-likeness (QED) is 0.819. The van der Waals surface area contributed by atoms with Crippen molar-refractivity contribution in [3.05, 3.63) is 59.4 Å². The van der Waals surface area contributed by atoms with Crippen LogP contribution in [0.5, 0.6) is 0 Å². The summed E-state index contributed by atoms with van der Waals surface area (Å²) in [4.78, 5) is 0.0218. The Kier molecular flexibility index (Phi) is 4.07. The molecule has 2 aromatic carbocycles. The van der Waals surface area contributed by atoms with Gasteiger partial charge < -0.3 is 0 Å². The Balaban J connectivity index is 2.12. The predicted octanol–water partition coefficient (Wildman–Crippen LogP) is 3.91. The molecule has 128 valence electrons. The number of alkyl halides is 2. The molecule has 3 rings (SSSR count). The van der Waals surface area contributed by atoms with E-state index in [1.807, 2.05) is 6.92 Å². The summed E-state index contributed by atoms with van der Waals surface area (Å²) in [5, 5.41) is 0. The number of nitrogens with zero attached hydrogens (tertiary/aromatic N) is 1. The standard InChI is InChI=1S/C17H16F3NO2S/c1-12-2-5-15(6-3-12)24(22,23)21-9-8-17(19,20)11-13-10-14(18)4-7-16(13)21/h2-7,10H,8-9,11H2,1H3. The summed E-state index contributed by atoms with van der Waals surface area (Å²) in [6.45, 7) is 1.46. The highest BCUT2D eigenvalue weighted by Gasteiger charge is 2.38. The van der Waals surface area contributed by atoms with Crippen LogP contribution < -0.4 is 4.31 Å². The lowest BCUT2D eigenvalue weighted by Gasteiger charge is -2.24. The van der Waals surface area contributed by atoms with Crippen LogP contribution in [0.4, 0.5) is 18.9 Å². The minimum Gasteiger partial charge on any atom is -0.266 e. The van der Waals surface area contributed by atoms with Crippen molar-refractivity contribution in [1.29, 1.82) is 0 Å². The zero-order valence-corrected chi connectivity index (χ0v) is 13.8. The van der Waals surface area contributed by atoms with Crippen molar-refractivity contribution in [3.8, 4) is 0 Å². The van der Waals surface area contributed by atoms with Crippen LogP contribution in [0.3, 0.4) is 0 Å². The van der Waals surface area contributed by atoms with Gasteiger partial charge in [-0.2, -0.15) is 0 Å². The molecule has 3 nitrogen and oxygen atoms in total. The van der Waals surface area contributed by atoms with Crippen LogP contribution >= 0.6 is 0 Å². The summed E-state index contributed by atoms with van der Waals surface area (Å²) in [7, 11) is -4.00. The number of hydrogen-bond acceptors (Lipinski definition) is 2. The van der Waals surface area contributed by atoms with Gasteiger partial charge in [0.2, 0.25) is 0 Å². The monoisotopic (exact) mass is 355 g/mol. The van der Waals surface area contributed by atoms with E-state index in [1.165, 1.54) is 18.2 Å². The predicted molar refractivity (Wildman–Crippen MR) is 85.4 cm³/mol. The van der Waals surface area contributed by atoms with E-state index in [2.05, 4.69) is 0 Å². The van der Waals surface area contributed by atoms with Gasteiger partial charge in [0.1, 0.15) is 5.82 Å². The van der Waals surface area contributed by atoms with Crippen LogP contribution in [0.25, 0.3) is 0 Å². The molecule has 0 saturated heterocycles. The largest absolute Gasteiger partial charge is 0.266 e. The van der Waals surface area contributed by atoms with Crippen molar-refractivity contribution in [1.82, 2.24) is 0 Å². The molecule has 1 aliphatic heterocycles. The first-order chi connectivity index (χ1) is 11.2. The maximum Gasteiger partial charge on any atom is 0.264 e. The molecule has 1 heterocycles. The number of rotatable bonds is 2. The third kappa shape index (κ3) is 3.13. The number of anilines is 1. The van der Waals surface area contributed by atoms with Gasteiger partial charge in [-0.3, -0.25) is 4.31 Å². The molecule has 7 heteroatoms. The van der Waals surface area contributed by atoms with E-state index in [0.29, 0.717) is 0 Å². The molecule has 1 aliphatic rings. The molecule has 0 unspecified atom stereocenters. The molecule has 0 fully saturated rings. The maximum absolute atomic E-state index is 13.9. The van der Waals surface area contributed by atoms with Gasteiger partial charge in [-0.25, -0.2) is 21.6 Å². The Morgan fingerprint density at radius 3 is 2.42 bits per heavy atom. The van der Waals surface area contributed by atoms with Gasteiger partial charge in [0.15, 0.2) is 0 Å². The summed E-state index contributed by atoms with van der Waals surface area (Å²) >= 11 is 0. The van der Waals surface area contributed by atoms with Gasteiger partial charge in [0.05, 0.1) is 10.6 Å². The molecule has 2 aromatic rings. The van der Waals surface area contributed by atoms with E-state index in [-0.39, 0.29) is 22.7 Å². The fraction of sp³-hybridized carbons (Fsp3) is 0.294. The van der Waals surface area contributed by atoms with Crippen molar-refractivity contribution in [3.63, 3.8) is 0 Å². The first kappa shape index (κ1) is 16.8. The van der Waals surface area contributed by atoms with Gasteiger partial charge in [-0.05, 0) is 42.8 Å². The van der Waals surface area contributed by atoms with Crippen LogP contribution in [0.15, 0.2) is 47.4 Å². The first-order valence-electron chi connectivity index (χ1n) is 7.45. The van der Waals surface area contributed by atoms with E-state index in [0.717, 1.165) is 22.0 Å². The molecule has 0 saturated carbocycles. The van der Waals surface area contributed by atoms with Crippen LogP contribution in [0.2, 0.25) is 0 Å². The van der Waals surface area contributed by atoms with E-state index in [9.17, 15) is 21.6 Å². The van der Waals surface area contributed by atoms with Crippen molar-refractivity contribution in [2.75, 3.05) is 10.8 Å². The van der Waals surface area contributed by atoms with Gasteiger partial charge in [-0.15, -0.1) is 0 Å². The summed E-state index contributed by atoms with van der Waals surface area (Å²) in [6.07, 6.45) is -1.30. The fourth-order valence-corrected chi connectivity index (χ4v) is 4.28. The van der Waals surface area contributed by atoms with Gasteiger partial charge in [-0.1, -0.05) is 17.7 Å². The molecule has 0 bridgehead atoms. The first-order valence-corrected chi connectivity index (χ1v) is 8.89. The lowest BCUT2D eigenvalue weighted by atomic mass is 10.1. The Morgan fingerprint density at radius 2 is 1.75 bits per heavy atom. The smallest absolute Gasteiger partial charge is 0.264 e. The molecule has 0 amide bonds. The zero-order chi connectivity index (χ0) is 17.5. The molecular weight excluding hydrogens is 339 g/mol. The Hall–Kier alpha value is -2.02. The summed E-state index contributed by atoms with van der Waals surface area (Å²) in [6, 6.07) is 9.48. The highest BCUT2D eigenvalue weighted by molar-refractivity contribution is 7.92. The second-order valence-electron chi connectivity index (χ2n) is 5.95. The number of hydrogen-bond donors (Lipinski definition) is 0.